The van der Waals surface area contributed by atoms with Crippen molar-refractivity contribution in [3.8, 4) is 11.6 Å². The molecule has 1 aromatic carbocycles. The number of rotatable bonds is 4. The van der Waals surface area contributed by atoms with E-state index < -0.39 is 23.7 Å². The Kier molecular flexibility index (Phi) is 4.83. The molecule has 7 nitrogen and oxygen atoms in total. The number of fused-ring (bicyclic) bond motifs is 2. The summed E-state index contributed by atoms with van der Waals surface area (Å²) in [6.45, 7) is 0.492. The van der Waals surface area contributed by atoms with Crippen LogP contribution in [0.25, 0.3) is 5.69 Å². The van der Waals surface area contributed by atoms with Crippen molar-refractivity contribution in [2.75, 3.05) is 6.54 Å². The van der Waals surface area contributed by atoms with Gasteiger partial charge in [0.05, 0.1) is 29.6 Å². The molecule has 1 saturated carbocycles. The quantitative estimate of drug-likeness (QED) is 0.573. The SMILES string of the molecule is O=C(c1cccc(F)c1-n1nccn1)N1CC2CC(Oc3ccc(C(F)(F)F)cn3)[C@@H]1C2. The number of alkyl halides is 3. The first-order chi connectivity index (χ1) is 15.3. The Morgan fingerprint density at radius 2 is 1.88 bits per heavy atom. The molecular weight excluding hydrogens is 430 g/mol. The number of carbonyl (C=O) groups is 1. The van der Waals surface area contributed by atoms with Crippen molar-refractivity contribution in [3.05, 3.63) is 65.9 Å². The van der Waals surface area contributed by atoms with Crippen LogP contribution in [0.15, 0.2) is 48.9 Å². The topological polar surface area (TPSA) is 73.1 Å². The molecule has 0 radical (unpaired) electrons. The molecule has 2 fully saturated rings. The summed E-state index contributed by atoms with van der Waals surface area (Å²) < 4.78 is 58.6. The Morgan fingerprint density at radius 1 is 1.09 bits per heavy atom. The van der Waals surface area contributed by atoms with Gasteiger partial charge in [0.25, 0.3) is 5.91 Å². The predicted molar refractivity (Wildman–Crippen MR) is 103 cm³/mol. The molecule has 2 aliphatic rings. The number of nitrogens with zero attached hydrogens (tertiary/aromatic N) is 5. The third-order valence-corrected chi connectivity index (χ3v) is 5.86. The summed E-state index contributed by atoms with van der Waals surface area (Å²) in [6.07, 6.45) is -0.0367. The number of amides is 1. The van der Waals surface area contributed by atoms with Crippen LogP contribution in [-0.2, 0) is 6.18 Å². The van der Waals surface area contributed by atoms with Crippen LogP contribution < -0.4 is 4.74 Å². The minimum atomic E-state index is -4.48. The van der Waals surface area contributed by atoms with Crippen molar-refractivity contribution < 1.29 is 27.1 Å². The van der Waals surface area contributed by atoms with Crippen LogP contribution in [0, 0.1) is 11.7 Å². The molecule has 1 aliphatic carbocycles. The number of hydrogen-bond acceptors (Lipinski definition) is 5. The molecular formula is C21H17F4N5O2. The zero-order chi connectivity index (χ0) is 22.5. The molecule has 2 bridgehead atoms. The molecule has 5 rings (SSSR count). The maximum Gasteiger partial charge on any atom is 0.417 e. The number of piperidine rings is 1. The second-order valence-electron chi connectivity index (χ2n) is 7.86. The van der Waals surface area contributed by atoms with Crippen LogP contribution >= 0.6 is 0 Å². The number of halogens is 4. The van der Waals surface area contributed by atoms with Crippen LogP contribution in [0.3, 0.4) is 0 Å². The van der Waals surface area contributed by atoms with E-state index in [4.69, 9.17) is 4.74 Å². The first-order valence-corrected chi connectivity index (χ1v) is 9.97. The molecule has 11 heteroatoms. The number of carbonyl (C=O) groups excluding carboxylic acids is 1. The summed E-state index contributed by atoms with van der Waals surface area (Å²) in [5.74, 6) is -0.755. The number of para-hydroxylation sites is 1. The average molecular weight is 447 g/mol. The smallest absolute Gasteiger partial charge is 0.417 e. The Hall–Kier alpha value is -3.50. The van der Waals surface area contributed by atoms with Crippen LogP contribution in [0.4, 0.5) is 17.6 Å². The van der Waals surface area contributed by atoms with Crippen LogP contribution in [0.1, 0.15) is 28.8 Å². The van der Waals surface area contributed by atoms with Crippen molar-refractivity contribution in [2.24, 2.45) is 5.92 Å². The van der Waals surface area contributed by atoms with Gasteiger partial charge in [0.2, 0.25) is 5.88 Å². The Bertz CT molecular complexity index is 1130. The normalized spacial score (nSPS) is 22.4. The first kappa shape index (κ1) is 20.4. The van der Waals surface area contributed by atoms with Gasteiger partial charge in [0.1, 0.15) is 11.8 Å². The molecule has 2 unspecified atom stereocenters. The van der Waals surface area contributed by atoms with Gasteiger partial charge in [-0.05, 0) is 37.0 Å². The molecule has 3 atom stereocenters. The van der Waals surface area contributed by atoms with Gasteiger partial charge in [-0.15, -0.1) is 4.80 Å². The van der Waals surface area contributed by atoms with Crippen LogP contribution in [-0.4, -0.2) is 49.5 Å². The number of likely N-dealkylation sites (tertiary alicyclic amines) is 1. The lowest BCUT2D eigenvalue weighted by Crippen LogP contribution is -2.47. The highest BCUT2D eigenvalue weighted by Crippen LogP contribution is 2.41. The van der Waals surface area contributed by atoms with Crippen molar-refractivity contribution in [3.63, 3.8) is 0 Å². The highest BCUT2D eigenvalue weighted by molar-refractivity contribution is 5.98. The molecule has 1 amide bonds. The molecule has 3 heterocycles. The van der Waals surface area contributed by atoms with E-state index in [-0.39, 0.29) is 35.0 Å². The van der Waals surface area contributed by atoms with Gasteiger partial charge in [0, 0.05) is 18.8 Å². The third-order valence-electron chi connectivity index (χ3n) is 5.86. The average Bonchev–Trinajstić information content (AvgIpc) is 3.50. The second kappa shape index (κ2) is 7.57. The molecule has 166 valence electrons. The van der Waals surface area contributed by atoms with E-state index in [2.05, 4.69) is 15.2 Å². The summed E-state index contributed by atoms with van der Waals surface area (Å²) in [5.41, 5.74) is -0.771. The second-order valence-corrected chi connectivity index (χ2v) is 7.86. The van der Waals surface area contributed by atoms with Gasteiger partial charge in [0.15, 0.2) is 5.82 Å². The van der Waals surface area contributed by atoms with Gasteiger partial charge < -0.3 is 9.64 Å². The number of ether oxygens (including phenoxy) is 1. The lowest BCUT2D eigenvalue weighted by molar-refractivity contribution is -0.137. The van der Waals surface area contributed by atoms with E-state index in [1.807, 2.05) is 0 Å². The van der Waals surface area contributed by atoms with E-state index in [1.54, 1.807) is 4.90 Å². The minimum Gasteiger partial charge on any atom is -0.472 e. The number of pyridine rings is 1. The lowest BCUT2D eigenvalue weighted by Gasteiger charge is -2.33. The Balaban J connectivity index is 1.37. The predicted octanol–water partition coefficient (Wildman–Crippen LogP) is 3.50. The molecule has 32 heavy (non-hydrogen) atoms. The largest absolute Gasteiger partial charge is 0.472 e. The number of aromatic nitrogens is 4. The summed E-state index contributed by atoms with van der Waals surface area (Å²) in [7, 11) is 0. The Morgan fingerprint density at radius 3 is 2.53 bits per heavy atom. The van der Waals surface area contributed by atoms with Crippen LogP contribution in [0.5, 0.6) is 5.88 Å². The van der Waals surface area contributed by atoms with Crippen molar-refractivity contribution >= 4 is 5.91 Å². The minimum absolute atomic E-state index is 0.0350. The highest BCUT2D eigenvalue weighted by atomic mass is 19.4. The number of benzene rings is 1. The molecule has 2 aromatic heterocycles. The fourth-order valence-electron chi connectivity index (χ4n) is 4.48. The molecule has 0 N–H and O–H groups in total. The molecule has 1 saturated heterocycles. The van der Waals surface area contributed by atoms with E-state index in [0.29, 0.717) is 19.4 Å². The maximum atomic E-state index is 14.5. The molecule has 3 aromatic rings. The van der Waals surface area contributed by atoms with Gasteiger partial charge in [-0.25, -0.2) is 9.37 Å². The fraction of sp³-hybridized carbons (Fsp3) is 0.333. The van der Waals surface area contributed by atoms with Gasteiger partial charge in [-0.3, -0.25) is 4.79 Å². The van der Waals surface area contributed by atoms with E-state index in [1.165, 1.54) is 36.7 Å². The summed E-state index contributed by atoms with van der Waals surface area (Å²) >= 11 is 0. The van der Waals surface area contributed by atoms with Crippen molar-refractivity contribution in [1.29, 1.82) is 0 Å². The lowest BCUT2D eigenvalue weighted by atomic mass is 10.1. The molecule has 1 aliphatic heterocycles. The standard InChI is InChI=1S/C21H17F4N5O2/c22-15-3-1-2-14(19(15)30-27-6-7-28-30)20(31)29-11-12-8-16(29)17(9-12)32-18-5-4-13(10-26-18)21(23,24)25/h1-7,10,12,16-17H,8-9,11H2/t12?,16-,17?/m0/s1. The van der Waals surface area contributed by atoms with E-state index >= 15 is 0 Å². The third kappa shape index (κ3) is 3.57. The first-order valence-electron chi connectivity index (χ1n) is 9.97. The summed E-state index contributed by atoms with van der Waals surface area (Å²) in [6, 6.07) is 5.99. The monoisotopic (exact) mass is 447 g/mol. The molecule has 0 spiro atoms. The van der Waals surface area contributed by atoms with Crippen LogP contribution in [0.2, 0.25) is 0 Å². The zero-order valence-corrected chi connectivity index (χ0v) is 16.5. The Labute approximate surface area is 179 Å². The van der Waals surface area contributed by atoms with Gasteiger partial charge in [-0.1, -0.05) is 6.07 Å². The zero-order valence-electron chi connectivity index (χ0n) is 16.5. The summed E-state index contributed by atoms with van der Waals surface area (Å²) in [4.78, 5) is 19.8. The highest BCUT2D eigenvalue weighted by Gasteiger charge is 2.49. The summed E-state index contributed by atoms with van der Waals surface area (Å²) in [5, 5.41) is 7.88. The maximum absolute atomic E-state index is 14.5. The van der Waals surface area contributed by atoms with Crippen molar-refractivity contribution in [2.45, 2.75) is 31.2 Å². The van der Waals surface area contributed by atoms with Crippen molar-refractivity contribution in [1.82, 2.24) is 24.9 Å². The van der Waals surface area contributed by atoms with E-state index in [0.717, 1.165) is 17.1 Å². The van der Waals surface area contributed by atoms with Gasteiger partial charge >= 0.3 is 6.18 Å². The van der Waals surface area contributed by atoms with Gasteiger partial charge in [-0.2, -0.15) is 23.4 Å². The fourth-order valence-corrected chi connectivity index (χ4v) is 4.48. The van der Waals surface area contributed by atoms with E-state index in [9.17, 15) is 22.4 Å². The number of hydrogen-bond donors (Lipinski definition) is 0.